The Morgan fingerprint density at radius 2 is 2.06 bits per heavy atom. The predicted octanol–water partition coefficient (Wildman–Crippen LogP) is 2.52. The Labute approximate surface area is 100 Å². The molecule has 18 heavy (non-hydrogen) atoms. The number of amides is 1. The van der Waals surface area contributed by atoms with E-state index in [9.17, 15) is 22.8 Å². The summed E-state index contributed by atoms with van der Waals surface area (Å²) in [7, 11) is 0. The van der Waals surface area contributed by atoms with Crippen LogP contribution in [0.2, 0.25) is 0 Å². The smallest absolute Gasteiger partial charge is 0.404 e. The first-order chi connectivity index (χ1) is 8.35. The predicted molar refractivity (Wildman–Crippen MR) is 57.3 cm³/mol. The van der Waals surface area contributed by atoms with E-state index in [0.717, 1.165) is 24.3 Å². The third-order valence-corrected chi connectivity index (χ3v) is 1.81. The topological polar surface area (TPSA) is 55.4 Å². The maximum absolute atomic E-state index is 12.1. The van der Waals surface area contributed by atoms with Crippen LogP contribution in [0.15, 0.2) is 30.9 Å². The molecule has 0 radical (unpaired) electrons. The molecule has 0 bridgehead atoms. The van der Waals surface area contributed by atoms with Crippen LogP contribution in [0, 0.1) is 0 Å². The fraction of sp³-hybridized carbons (Fsp3) is 0.0909. The largest absolute Gasteiger partial charge is 0.573 e. The molecule has 1 N–H and O–H groups in total. The van der Waals surface area contributed by atoms with E-state index >= 15 is 0 Å². The fourth-order valence-corrected chi connectivity index (χ4v) is 1.12. The number of carbonyl (C=O) groups is 2. The molecule has 0 saturated heterocycles. The zero-order valence-electron chi connectivity index (χ0n) is 8.95. The van der Waals surface area contributed by atoms with E-state index in [1.165, 1.54) is 0 Å². The second-order valence-electron chi connectivity index (χ2n) is 3.11. The number of hydrogen-bond acceptors (Lipinski definition) is 3. The molecular weight excluding hydrogens is 251 g/mol. The molecule has 0 saturated carbocycles. The minimum absolute atomic E-state index is 0.101. The standard InChI is InChI=1S/C11H8F3NO3/c1-2-10(17)15-8-5-7(6-16)3-4-9(8)18-11(12,13)14/h2-6H,1H2,(H,15,17). The second kappa shape index (κ2) is 5.35. The molecule has 0 aliphatic heterocycles. The summed E-state index contributed by atoms with van der Waals surface area (Å²) in [4.78, 5) is 21.6. The van der Waals surface area contributed by atoms with E-state index in [1.807, 2.05) is 0 Å². The van der Waals surface area contributed by atoms with Gasteiger partial charge < -0.3 is 10.1 Å². The van der Waals surface area contributed by atoms with Crippen molar-refractivity contribution < 1.29 is 27.5 Å². The van der Waals surface area contributed by atoms with Gasteiger partial charge in [0.2, 0.25) is 5.91 Å². The van der Waals surface area contributed by atoms with Gasteiger partial charge in [0.05, 0.1) is 5.69 Å². The van der Waals surface area contributed by atoms with Gasteiger partial charge in [-0.25, -0.2) is 0 Å². The highest BCUT2D eigenvalue weighted by molar-refractivity contribution is 6.00. The number of anilines is 1. The minimum atomic E-state index is -4.89. The quantitative estimate of drug-likeness (QED) is 0.667. The van der Waals surface area contributed by atoms with Crippen molar-refractivity contribution in [2.24, 2.45) is 0 Å². The van der Waals surface area contributed by atoms with Gasteiger partial charge in [-0.15, -0.1) is 13.2 Å². The van der Waals surface area contributed by atoms with Crippen LogP contribution in [0.4, 0.5) is 18.9 Å². The Hall–Kier alpha value is -2.31. The average Bonchev–Trinajstić information content (AvgIpc) is 2.29. The molecule has 0 fully saturated rings. The molecule has 0 aliphatic carbocycles. The average molecular weight is 259 g/mol. The van der Waals surface area contributed by atoms with Crippen LogP contribution in [0.5, 0.6) is 5.75 Å². The SMILES string of the molecule is C=CC(=O)Nc1cc(C=O)ccc1OC(F)(F)F. The number of nitrogens with one attached hydrogen (secondary N) is 1. The lowest BCUT2D eigenvalue weighted by Gasteiger charge is -2.13. The van der Waals surface area contributed by atoms with Gasteiger partial charge in [-0.3, -0.25) is 9.59 Å². The number of hydrogen-bond donors (Lipinski definition) is 1. The van der Waals surface area contributed by atoms with Gasteiger partial charge in [0.25, 0.3) is 0 Å². The van der Waals surface area contributed by atoms with E-state index < -0.39 is 18.0 Å². The number of aldehydes is 1. The molecule has 0 aliphatic rings. The zero-order chi connectivity index (χ0) is 13.8. The van der Waals surface area contributed by atoms with Crippen molar-refractivity contribution in [1.82, 2.24) is 0 Å². The van der Waals surface area contributed by atoms with Gasteiger partial charge in [-0.1, -0.05) is 6.58 Å². The molecule has 0 unspecified atom stereocenters. The summed E-state index contributed by atoms with van der Waals surface area (Å²) < 4.78 is 40.0. The third-order valence-electron chi connectivity index (χ3n) is 1.81. The molecule has 0 heterocycles. The minimum Gasteiger partial charge on any atom is -0.404 e. The first-order valence-corrected chi connectivity index (χ1v) is 4.64. The second-order valence-corrected chi connectivity index (χ2v) is 3.11. The van der Waals surface area contributed by atoms with Crippen molar-refractivity contribution in [1.29, 1.82) is 0 Å². The fourth-order valence-electron chi connectivity index (χ4n) is 1.12. The highest BCUT2D eigenvalue weighted by Crippen LogP contribution is 2.30. The molecule has 1 aromatic carbocycles. The Bertz CT molecular complexity index is 483. The Morgan fingerprint density at radius 3 is 2.56 bits per heavy atom. The maximum atomic E-state index is 12.1. The van der Waals surface area contributed by atoms with Crippen molar-refractivity contribution in [3.8, 4) is 5.75 Å². The first-order valence-electron chi connectivity index (χ1n) is 4.64. The van der Waals surface area contributed by atoms with E-state index in [-0.39, 0.29) is 11.3 Å². The number of halogens is 3. The molecule has 1 rings (SSSR count). The molecule has 7 heteroatoms. The van der Waals surface area contributed by atoms with Gasteiger partial charge in [-0.05, 0) is 24.3 Å². The highest BCUT2D eigenvalue weighted by atomic mass is 19.4. The summed E-state index contributed by atoms with van der Waals surface area (Å²) in [6, 6.07) is 3.14. The van der Waals surface area contributed by atoms with Crippen LogP contribution in [-0.4, -0.2) is 18.6 Å². The van der Waals surface area contributed by atoms with Crippen LogP contribution in [-0.2, 0) is 4.79 Å². The summed E-state index contributed by atoms with van der Waals surface area (Å²) >= 11 is 0. The summed E-state index contributed by atoms with van der Waals surface area (Å²) in [6.45, 7) is 3.16. The maximum Gasteiger partial charge on any atom is 0.573 e. The van der Waals surface area contributed by atoms with E-state index in [4.69, 9.17) is 0 Å². The van der Waals surface area contributed by atoms with E-state index in [2.05, 4.69) is 16.6 Å². The Kier molecular flexibility index (Phi) is 4.09. The molecule has 1 aromatic rings. The molecule has 4 nitrogen and oxygen atoms in total. The monoisotopic (exact) mass is 259 g/mol. The van der Waals surface area contributed by atoms with Gasteiger partial charge in [-0.2, -0.15) is 0 Å². The van der Waals surface area contributed by atoms with Gasteiger partial charge in [0.15, 0.2) is 5.75 Å². The Morgan fingerprint density at radius 1 is 1.39 bits per heavy atom. The summed E-state index contributed by atoms with van der Waals surface area (Å²) in [5.41, 5.74) is -0.161. The number of alkyl halides is 3. The molecule has 96 valence electrons. The first kappa shape index (κ1) is 13.8. The van der Waals surface area contributed by atoms with Gasteiger partial charge in [0, 0.05) is 5.56 Å². The van der Waals surface area contributed by atoms with Crippen molar-refractivity contribution in [3.05, 3.63) is 36.4 Å². The van der Waals surface area contributed by atoms with Crippen molar-refractivity contribution >= 4 is 17.9 Å². The van der Waals surface area contributed by atoms with E-state index in [0.29, 0.717) is 6.29 Å². The molecule has 0 atom stereocenters. The molecule has 0 spiro atoms. The van der Waals surface area contributed by atoms with Crippen molar-refractivity contribution in [2.75, 3.05) is 5.32 Å². The lowest BCUT2D eigenvalue weighted by molar-refractivity contribution is -0.274. The summed E-state index contributed by atoms with van der Waals surface area (Å²) in [5.74, 6) is -1.33. The number of benzene rings is 1. The molecular formula is C11H8F3NO3. The van der Waals surface area contributed by atoms with Gasteiger partial charge >= 0.3 is 6.36 Å². The lowest BCUT2D eigenvalue weighted by Crippen LogP contribution is -2.19. The number of rotatable bonds is 4. The summed E-state index contributed by atoms with van der Waals surface area (Å²) in [5, 5.41) is 2.12. The Balaban J connectivity index is 3.11. The van der Waals surface area contributed by atoms with Gasteiger partial charge in [0.1, 0.15) is 6.29 Å². The van der Waals surface area contributed by atoms with Crippen LogP contribution in [0.3, 0.4) is 0 Å². The van der Waals surface area contributed by atoms with Crippen molar-refractivity contribution in [3.63, 3.8) is 0 Å². The summed E-state index contributed by atoms with van der Waals surface area (Å²) in [6.07, 6.45) is -3.58. The third kappa shape index (κ3) is 3.93. The van der Waals surface area contributed by atoms with Crippen LogP contribution < -0.4 is 10.1 Å². The highest BCUT2D eigenvalue weighted by Gasteiger charge is 2.32. The molecule has 0 aromatic heterocycles. The van der Waals surface area contributed by atoms with Crippen LogP contribution >= 0.6 is 0 Å². The number of carbonyl (C=O) groups excluding carboxylic acids is 2. The van der Waals surface area contributed by atoms with Crippen molar-refractivity contribution in [2.45, 2.75) is 6.36 Å². The van der Waals surface area contributed by atoms with E-state index in [1.54, 1.807) is 0 Å². The van der Waals surface area contributed by atoms with Crippen LogP contribution in [0.25, 0.3) is 0 Å². The molecule has 1 amide bonds. The lowest BCUT2D eigenvalue weighted by atomic mass is 10.2. The zero-order valence-corrected chi connectivity index (χ0v) is 8.95. The normalized spacial score (nSPS) is 10.6. The number of ether oxygens (including phenoxy) is 1. The van der Waals surface area contributed by atoms with Crippen LogP contribution in [0.1, 0.15) is 10.4 Å².